The van der Waals surface area contributed by atoms with Crippen molar-refractivity contribution in [3.63, 3.8) is 0 Å². The van der Waals surface area contributed by atoms with Crippen LogP contribution in [0.3, 0.4) is 0 Å². The molecule has 0 atom stereocenters. The third-order valence-corrected chi connectivity index (χ3v) is 4.48. The fourth-order valence-corrected chi connectivity index (χ4v) is 2.85. The Balaban J connectivity index is 2.03. The van der Waals surface area contributed by atoms with E-state index in [0.29, 0.717) is 5.82 Å². The van der Waals surface area contributed by atoms with E-state index in [1.807, 2.05) is 11.6 Å². The third kappa shape index (κ3) is 4.74. The van der Waals surface area contributed by atoms with Crippen molar-refractivity contribution in [3.05, 3.63) is 54.1 Å². The molecule has 11 heteroatoms. The van der Waals surface area contributed by atoms with Crippen molar-refractivity contribution in [2.24, 2.45) is 0 Å². The summed E-state index contributed by atoms with van der Waals surface area (Å²) in [6.07, 6.45) is 3.00. The second kappa shape index (κ2) is 9.24. The number of rotatable bonds is 7. The van der Waals surface area contributed by atoms with Crippen LogP contribution in [-0.2, 0) is 0 Å². The molecule has 3 heterocycles. The molecule has 1 amide bonds. The SMILES string of the molecule is [2H]C([2H])([2H])NC(=O)c1nncc(Nc2ccc(C(F)F)cn2)c1Nc1ncccc1SC. The van der Waals surface area contributed by atoms with Crippen LogP contribution < -0.4 is 16.0 Å². The van der Waals surface area contributed by atoms with E-state index in [1.54, 1.807) is 12.1 Å². The Morgan fingerprint density at radius 1 is 1.21 bits per heavy atom. The van der Waals surface area contributed by atoms with Crippen LogP contribution in [0, 0.1) is 0 Å². The minimum Gasteiger partial charge on any atom is -0.354 e. The van der Waals surface area contributed by atoms with E-state index >= 15 is 0 Å². The first-order valence-electron chi connectivity index (χ1n) is 9.63. The average molecular weight is 420 g/mol. The molecule has 150 valence electrons. The summed E-state index contributed by atoms with van der Waals surface area (Å²) in [7, 11) is 0. The second-order valence-electron chi connectivity index (χ2n) is 5.52. The lowest BCUT2D eigenvalue weighted by atomic mass is 10.2. The van der Waals surface area contributed by atoms with Crippen molar-refractivity contribution in [2.75, 3.05) is 23.9 Å². The number of nitrogens with one attached hydrogen (secondary N) is 3. The van der Waals surface area contributed by atoms with E-state index in [-0.39, 0.29) is 28.5 Å². The van der Waals surface area contributed by atoms with Crippen molar-refractivity contribution >= 4 is 40.7 Å². The van der Waals surface area contributed by atoms with Crippen LogP contribution in [0.15, 0.2) is 47.8 Å². The normalized spacial score (nSPS) is 12.6. The number of pyridine rings is 2. The van der Waals surface area contributed by atoms with Crippen LogP contribution >= 0.6 is 11.8 Å². The van der Waals surface area contributed by atoms with Gasteiger partial charge in [-0.15, -0.1) is 16.9 Å². The maximum absolute atomic E-state index is 12.8. The fraction of sp³-hybridized carbons (Fsp3) is 0.167. The van der Waals surface area contributed by atoms with Gasteiger partial charge in [-0.25, -0.2) is 18.7 Å². The number of hydrogen-bond acceptors (Lipinski definition) is 8. The van der Waals surface area contributed by atoms with Gasteiger partial charge in [0.05, 0.1) is 17.6 Å². The molecule has 0 saturated heterocycles. The number of thioether (sulfide) groups is 1. The first-order valence-corrected chi connectivity index (χ1v) is 9.36. The van der Waals surface area contributed by atoms with E-state index in [9.17, 15) is 13.6 Å². The summed E-state index contributed by atoms with van der Waals surface area (Å²) in [5, 5.41) is 15.3. The number of anilines is 4. The molecule has 8 nitrogen and oxygen atoms in total. The van der Waals surface area contributed by atoms with Gasteiger partial charge in [0.25, 0.3) is 12.3 Å². The summed E-state index contributed by atoms with van der Waals surface area (Å²) in [6.45, 7) is -2.75. The highest BCUT2D eigenvalue weighted by molar-refractivity contribution is 7.98. The van der Waals surface area contributed by atoms with Crippen molar-refractivity contribution in [1.82, 2.24) is 25.5 Å². The highest BCUT2D eigenvalue weighted by Crippen LogP contribution is 2.32. The zero-order valence-corrected chi connectivity index (χ0v) is 15.8. The van der Waals surface area contributed by atoms with Gasteiger partial charge in [0.15, 0.2) is 5.69 Å². The van der Waals surface area contributed by atoms with Crippen molar-refractivity contribution in [2.45, 2.75) is 11.3 Å². The van der Waals surface area contributed by atoms with E-state index in [4.69, 9.17) is 4.11 Å². The Labute approximate surface area is 173 Å². The number of alkyl halides is 2. The van der Waals surface area contributed by atoms with Crippen LogP contribution in [0.2, 0.25) is 0 Å². The Morgan fingerprint density at radius 2 is 2.07 bits per heavy atom. The zero-order valence-electron chi connectivity index (χ0n) is 18.0. The lowest BCUT2D eigenvalue weighted by molar-refractivity contribution is 0.0958. The van der Waals surface area contributed by atoms with Crippen molar-refractivity contribution in [3.8, 4) is 0 Å². The minimum absolute atomic E-state index is 0.0792. The lowest BCUT2D eigenvalue weighted by Gasteiger charge is -2.16. The molecule has 0 unspecified atom stereocenters. The molecule has 0 bridgehead atoms. The first kappa shape index (κ1) is 16.6. The summed E-state index contributed by atoms with van der Waals surface area (Å²) in [5.41, 5.74) is -0.285. The van der Waals surface area contributed by atoms with E-state index in [1.165, 1.54) is 36.3 Å². The van der Waals surface area contributed by atoms with Gasteiger partial charge in [0, 0.05) is 33.9 Å². The molecule has 0 aliphatic heterocycles. The number of amides is 1. The van der Waals surface area contributed by atoms with E-state index < -0.39 is 19.3 Å². The Kier molecular flexibility index (Phi) is 5.29. The number of nitrogens with zero attached hydrogens (tertiary/aromatic N) is 4. The molecule has 0 saturated carbocycles. The smallest absolute Gasteiger partial charge is 0.273 e. The summed E-state index contributed by atoms with van der Waals surface area (Å²) in [4.78, 5) is 21.5. The number of aromatic nitrogens is 4. The Morgan fingerprint density at radius 3 is 2.76 bits per heavy atom. The molecule has 0 fully saturated rings. The summed E-state index contributed by atoms with van der Waals surface area (Å²) in [5.74, 6) is -0.412. The van der Waals surface area contributed by atoms with Gasteiger partial charge in [-0.1, -0.05) is 0 Å². The molecule has 0 radical (unpaired) electrons. The molecule has 29 heavy (non-hydrogen) atoms. The third-order valence-electron chi connectivity index (χ3n) is 3.71. The van der Waals surface area contributed by atoms with Gasteiger partial charge < -0.3 is 16.0 Å². The standard InChI is InChI=1S/C18H17F2N7OS/c1-21-18(28)15-14(26-17-12(29-2)4-3-7-22-17)11(9-24-27-15)25-13-6-5-10(8-23-13)16(19)20/h3-9,16H,1-2H3,(H,21,28)(H,22,24,26)(H,23,25,27)/i1D3. The number of hydrogen-bond donors (Lipinski definition) is 3. The molecule has 0 aliphatic carbocycles. The molecule has 3 rings (SSSR count). The molecule has 0 aliphatic rings. The van der Waals surface area contributed by atoms with Gasteiger partial charge >= 0.3 is 0 Å². The maximum Gasteiger partial charge on any atom is 0.273 e. The average Bonchev–Trinajstić information content (AvgIpc) is 2.74. The van der Waals surface area contributed by atoms with Gasteiger partial charge in [-0.3, -0.25) is 4.79 Å². The number of halogens is 2. The monoisotopic (exact) mass is 420 g/mol. The molecule has 3 aromatic heterocycles. The highest BCUT2D eigenvalue weighted by atomic mass is 32.2. The number of carbonyl (C=O) groups is 1. The quantitative estimate of drug-likeness (QED) is 0.496. The maximum atomic E-state index is 12.8. The predicted molar refractivity (Wildman–Crippen MR) is 107 cm³/mol. The molecular formula is C18H17F2N7OS. The summed E-state index contributed by atoms with van der Waals surface area (Å²) in [6, 6.07) is 6.07. The molecular weight excluding hydrogens is 400 g/mol. The second-order valence-corrected chi connectivity index (χ2v) is 6.37. The van der Waals surface area contributed by atoms with Crippen LogP contribution in [0.25, 0.3) is 0 Å². The van der Waals surface area contributed by atoms with Crippen molar-refractivity contribution < 1.29 is 17.7 Å². The van der Waals surface area contributed by atoms with Crippen molar-refractivity contribution in [1.29, 1.82) is 0 Å². The van der Waals surface area contributed by atoms with E-state index in [0.717, 1.165) is 11.1 Å². The molecule has 3 N–H and O–H groups in total. The topological polar surface area (TPSA) is 105 Å². The van der Waals surface area contributed by atoms with Gasteiger partial charge in [-0.05, 0) is 30.5 Å². The zero-order chi connectivity index (χ0) is 23.3. The summed E-state index contributed by atoms with van der Waals surface area (Å²) >= 11 is 1.40. The predicted octanol–water partition coefficient (Wildman–Crippen LogP) is 3.77. The summed E-state index contributed by atoms with van der Waals surface area (Å²) < 4.78 is 47.4. The van der Waals surface area contributed by atoms with Crippen LogP contribution in [0.1, 0.15) is 26.6 Å². The van der Waals surface area contributed by atoms with E-state index in [2.05, 4.69) is 30.8 Å². The fourth-order valence-electron chi connectivity index (χ4n) is 2.34. The Bertz CT molecular complexity index is 1100. The highest BCUT2D eigenvalue weighted by Gasteiger charge is 2.19. The Hall–Kier alpha value is -3.34. The first-order chi connectivity index (χ1) is 15.2. The molecule has 3 aromatic rings. The molecule has 0 spiro atoms. The van der Waals surface area contributed by atoms with Crippen LogP contribution in [0.5, 0.6) is 0 Å². The van der Waals surface area contributed by atoms with Gasteiger partial charge in [0.2, 0.25) is 0 Å². The van der Waals surface area contributed by atoms with Crippen LogP contribution in [0.4, 0.5) is 31.8 Å². The lowest BCUT2D eigenvalue weighted by Crippen LogP contribution is -2.22. The largest absolute Gasteiger partial charge is 0.354 e. The van der Waals surface area contributed by atoms with Gasteiger partial charge in [-0.2, -0.15) is 5.10 Å². The number of carbonyl (C=O) groups excluding carboxylic acids is 1. The van der Waals surface area contributed by atoms with Gasteiger partial charge in [0.1, 0.15) is 11.6 Å². The van der Waals surface area contributed by atoms with Crippen LogP contribution in [-0.4, -0.2) is 39.3 Å². The molecule has 0 aromatic carbocycles. The minimum atomic E-state index is -2.75.